The van der Waals surface area contributed by atoms with Crippen molar-refractivity contribution in [2.75, 3.05) is 7.11 Å². The van der Waals surface area contributed by atoms with Crippen molar-refractivity contribution in [1.82, 2.24) is 0 Å². The maximum absolute atomic E-state index is 12.4. The average molecular weight is 470 g/mol. The number of carbonyl (C=O) groups excluding carboxylic acids is 2. The number of benzene rings is 3. The highest BCUT2D eigenvalue weighted by molar-refractivity contribution is 6.13. The highest BCUT2D eigenvalue weighted by Gasteiger charge is 2.24. The zero-order valence-corrected chi connectivity index (χ0v) is 18.4. The van der Waals surface area contributed by atoms with Crippen LogP contribution in [0.1, 0.15) is 16.7 Å². The van der Waals surface area contributed by atoms with E-state index in [0.717, 1.165) is 6.08 Å². The summed E-state index contributed by atoms with van der Waals surface area (Å²) in [6.07, 6.45) is 4.04. The third-order valence-electron chi connectivity index (χ3n) is 4.87. The number of ether oxygens (including phenoxy) is 3. The van der Waals surface area contributed by atoms with Crippen molar-refractivity contribution in [3.63, 3.8) is 0 Å². The molecule has 0 bridgehead atoms. The van der Waals surface area contributed by atoms with Crippen LogP contribution in [0.4, 0.5) is 5.69 Å². The molecule has 0 fully saturated rings. The van der Waals surface area contributed by atoms with Gasteiger partial charge in [0.2, 0.25) is 5.90 Å². The molecule has 0 atom stereocenters. The molecule has 0 radical (unpaired) electrons. The second-order valence-electron chi connectivity index (χ2n) is 7.21. The summed E-state index contributed by atoms with van der Waals surface area (Å²) in [4.78, 5) is 39.4. The number of carbonyl (C=O) groups is 2. The van der Waals surface area contributed by atoms with Crippen molar-refractivity contribution in [3.8, 4) is 11.5 Å². The van der Waals surface area contributed by atoms with Crippen LogP contribution in [0.5, 0.6) is 11.5 Å². The van der Waals surface area contributed by atoms with E-state index in [1.165, 1.54) is 30.4 Å². The van der Waals surface area contributed by atoms with Crippen LogP contribution in [0, 0.1) is 10.1 Å². The van der Waals surface area contributed by atoms with Gasteiger partial charge in [-0.1, -0.05) is 30.3 Å². The van der Waals surface area contributed by atoms with Gasteiger partial charge in [-0.2, -0.15) is 0 Å². The molecular formula is C26H18N2O7. The number of methoxy groups -OCH3 is 1. The molecule has 4 rings (SSSR count). The summed E-state index contributed by atoms with van der Waals surface area (Å²) >= 11 is 0. The van der Waals surface area contributed by atoms with Gasteiger partial charge < -0.3 is 14.2 Å². The van der Waals surface area contributed by atoms with Crippen molar-refractivity contribution in [2.45, 2.75) is 0 Å². The molecule has 1 aliphatic heterocycles. The van der Waals surface area contributed by atoms with Crippen molar-refractivity contribution in [2.24, 2.45) is 4.99 Å². The van der Waals surface area contributed by atoms with Crippen molar-refractivity contribution in [3.05, 3.63) is 111 Å². The first-order valence-electron chi connectivity index (χ1n) is 10.3. The minimum Gasteiger partial charge on any atom is -0.497 e. The van der Waals surface area contributed by atoms with E-state index in [2.05, 4.69) is 4.99 Å². The molecular weight excluding hydrogens is 452 g/mol. The van der Waals surface area contributed by atoms with Gasteiger partial charge in [0.15, 0.2) is 5.70 Å². The number of nitrogens with zero attached hydrogens (tertiary/aromatic N) is 2. The van der Waals surface area contributed by atoms with E-state index >= 15 is 0 Å². The van der Waals surface area contributed by atoms with Crippen LogP contribution >= 0.6 is 0 Å². The first kappa shape index (κ1) is 23.1. The first-order valence-corrected chi connectivity index (χ1v) is 10.3. The molecule has 9 heteroatoms. The Morgan fingerprint density at radius 2 is 1.83 bits per heavy atom. The zero-order valence-electron chi connectivity index (χ0n) is 18.4. The topological polar surface area (TPSA) is 117 Å². The standard InChI is InChI=1S/C26H18N2O7/c1-33-21-12-10-18(11-13-21)25-27-22(26(30)35-25)16-19-6-2-3-8-23(19)34-24(29)14-9-17-5-4-7-20(15-17)28(31)32/h2-16H,1H3/b14-9+,22-16-. The monoisotopic (exact) mass is 470 g/mol. The maximum Gasteiger partial charge on any atom is 0.363 e. The van der Waals surface area contributed by atoms with E-state index in [9.17, 15) is 19.7 Å². The van der Waals surface area contributed by atoms with Gasteiger partial charge in [0.1, 0.15) is 11.5 Å². The summed E-state index contributed by atoms with van der Waals surface area (Å²) in [6.45, 7) is 0. The van der Waals surface area contributed by atoms with Gasteiger partial charge in [-0.15, -0.1) is 0 Å². The molecule has 3 aromatic rings. The summed E-state index contributed by atoms with van der Waals surface area (Å²) < 4.78 is 15.8. The van der Waals surface area contributed by atoms with Crippen molar-refractivity contribution >= 4 is 35.7 Å². The van der Waals surface area contributed by atoms with Gasteiger partial charge in [-0.05, 0) is 48.0 Å². The molecule has 0 N–H and O–H groups in total. The van der Waals surface area contributed by atoms with E-state index in [0.29, 0.717) is 22.4 Å². The highest BCUT2D eigenvalue weighted by atomic mass is 16.6. The third-order valence-corrected chi connectivity index (χ3v) is 4.87. The summed E-state index contributed by atoms with van der Waals surface area (Å²) in [7, 11) is 1.55. The second-order valence-corrected chi connectivity index (χ2v) is 7.21. The number of aliphatic imine (C=N–C) groups is 1. The predicted octanol–water partition coefficient (Wildman–Crippen LogP) is 4.57. The van der Waals surface area contributed by atoms with Crippen LogP contribution in [0.25, 0.3) is 12.2 Å². The zero-order chi connectivity index (χ0) is 24.8. The molecule has 0 amide bonds. The Morgan fingerprint density at radius 1 is 1.06 bits per heavy atom. The van der Waals surface area contributed by atoms with Crippen LogP contribution in [0.3, 0.4) is 0 Å². The Balaban J connectivity index is 1.52. The molecule has 0 spiro atoms. The Bertz CT molecular complexity index is 1390. The molecule has 9 nitrogen and oxygen atoms in total. The molecule has 1 aliphatic rings. The first-order chi connectivity index (χ1) is 16.9. The molecule has 0 aromatic heterocycles. The van der Waals surface area contributed by atoms with Gasteiger partial charge in [-0.25, -0.2) is 14.6 Å². The number of para-hydroxylation sites is 1. The van der Waals surface area contributed by atoms with E-state index in [1.807, 2.05) is 0 Å². The molecule has 174 valence electrons. The number of hydrogen-bond donors (Lipinski definition) is 0. The van der Waals surface area contributed by atoms with Gasteiger partial charge in [-0.3, -0.25) is 10.1 Å². The number of hydrogen-bond acceptors (Lipinski definition) is 8. The lowest BCUT2D eigenvalue weighted by atomic mass is 10.1. The van der Waals surface area contributed by atoms with Crippen LogP contribution in [-0.2, 0) is 14.3 Å². The number of nitro benzene ring substituents is 1. The Hall–Kier alpha value is -5.05. The van der Waals surface area contributed by atoms with Gasteiger partial charge in [0.05, 0.1) is 12.0 Å². The van der Waals surface area contributed by atoms with Crippen molar-refractivity contribution < 1.29 is 28.7 Å². The fourth-order valence-electron chi connectivity index (χ4n) is 3.15. The smallest absolute Gasteiger partial charge is 0.363 e. The lowest BCUT2D eigenvalue weighted by molar-refractivity contribution is -0.384. The number of cyclic esters (lactones) is 1. The van der Waals surface area contributed by atoms with E-state index < -0.39 is 16.9 Å². The van der Waals surface area contributed by atoms with Crippen molar-refractivity contribution in [1.29, 1.82) is 0 Å². The Kier molecular flexibility index (Phi) is 6.78. The van der Waals surface area contributed by atoms with Crippen LogP contribution < -0.4 is 9.47 Å². The molecule has 0 unspecified atom stereocenters. The molecule has 0 saturated carbocycles. The molecule has 1 heterocycles. The Labute approximate surface area is 199 Å². The summed E-state index contributed by atoms with van der Waals surface area (Å²) in [5.74, 6) is -0.320. The quantitative estimate of drug-likeness (QED) is 0.163. The molecule has 3 aromatic carbocycles. The fourth-order valence-corrected chi connectivity index (χ4v) is 3.15. The summed E-state index contributed by atoms with van der Waals surface area (Å²) in [5.41, 5.74) is 1.48. The number of non-ortho nitro benzene ring substituents is 1. The minimum absolute atomic E-state index is 0.0476. The largest absolute Gasteiger partial charge is 0.497 e. The molecule has 0 saturated heterocycles. The minimum atomic E-state index is -0.696. The summed E-state index contributed by atoms with van der Waals surface area (Å²) in [5, 5.41) is 10.9. The lowest BCUT2D eigenvalue weighted by Gasteiger charge is -2.05. The SMILES string of the molecule is COc1ccc(C2=N/C(=C\c3ccccc3OC(=O)/C=C/c3cccc([N+](=O)[O-])c3)C(=O)O2)cc1. The highest BCUT2D eigenvalue weighted by Crippen LogP contribution is 2.25. The van der Waals surface area contributed by atoms with E-state index in [4.69, 9.17) is 14.2 Å². The lowest BCUT2D eigenvalue weighted by Crippen LogP contribution is -2.06. The predicted molar refractivity (Wildman–Crippen MR) is 128 cm³/mol. The average Bonchev–Trinajstić information content (AvgIpc) is 3.24. The van der Waals surface area contributed by atoms with Gasteiger partial charge in [0, 0.05) is 29.3 Å². The normalized spacial score (nSPS) is 14.0. The van der Waals surface area contributed by atoms with Gasteiger partial charge >= 0.3 is 11.9 Å². The third kappa shape index (κ3) is 5.66. The fraction of sp³-hybridized carbons (Fsp3) is 0.0385. The Morgan fingerprint density at radius 3 is 2.57 bits per heavy atom. The van der Waals surface area contributed by atoms with Crippen LogP contribution in [0.15, 0.2) is 89.6 Å². The molecule has 35 heavy (non-hydrogen) atoms. The van der Waals surface area contributed by atoms with E-state index in [-0.39, 0.29) is 23.0 Å². The van der Waals surface area contributed by atoms with Crippen LogP contribution in [-0.4, -0.2) is 29.9 Å². The number of nitro groups is 1. The van der Waals surface area contributed by atoms with Gasteiger partial charge in [0.25, 0.3) is 5.69 Å². The second kappa shape index (κ2) is 10.3. The number of rotatable bonds is 7. The van der Waals surface area contributed by atoms with Crippen LogP contribution in [0.2, 0.25) is 0 Å². The molecule has 0 aliphatic carbocycles. The van der Waals surface area contributed by atoms with E-state index in [1.54, 1.807) is 61.7 Å². The number of esters is 2. The summed E-state index contributed by atoms with van der Waals surface area (Å²) in [6, 6.07) is 19.4. The maximum atomic E-state index is 12.4.